The quantitative estimate of drug-likeness (QED) is 0.717. The van der Waals surface area contributed by atoms with Gasteiger partial charge in [0, 0.05) is 19.1 Å². The average molecular weight is 185 g/mol. The summed E-state index contributed by atoms with van der Waals surface area (Å²) in [6.45, 7) is 2.56. The lowest BCUT2D eigenvalue weighted by atomic mass is 10.1. The highest BCUT2D eigenvalue weighted by Crippen LogP contribution is 2.24. The van der Waals surface area contributed by atoms with Crippen LogP contribution < -0.4 is 5.32 Å². The zero-order valence-corrected chi connectivity index (χ0v) is 8.51. The van der Waals surface area contributed by atoms with Crippen molar-refractivity contribution in [2.45, 2.75) is 38.6 Å². The van der Waals surface area contributed by atoms with E-state index in [0.717, 1.165) is 12.8 Å². The molecule has 0 saturated heterocycles. The molecular formula is C10H19NO2. The second-order valence-corrected chi connectivity index (χ2v) is 3.85. The van der Waals surface area contributed by atoms with Crippen molar-refractivity contribution in [3.63, 3.8) is 0 Å². The number of hydrogen-bond donors (Lipinski definition) is 1. The second kappa shape index (κ2) is 5.22. The molecule has 0 heterocycles. The number of rotatable bonds is 4. The molecule has 0 bridgehead atoms. The monoisotopic (exact) mass is 185 g/mol. The summed E-state index contributed by atoms with van der Waals surface area (Å²) < 4.78 is 4.95. The third-order valence-electron chi connectivity index (χ3n) is 2.53. The Morgan fingerprint density at radius 1 is 1.54 bits per heavy atom. The maximum absolute atomic E-state index is 11.6. The molecule has 0 aromatic carbocycles. The minimum atomic E-state index is 0.137. The van der Waals surface area contributed by atoms with Crippen LogP contribution in [0.15, 0.2) is 0 Å². The van der Waals surface area contributed by atoms with Crippen LogP contribution in [0.25, 0.3) is 0 Å². The second-order valence-electron chi connectivity index (χ2n) is 3.85. The van der Waals surface area contributed by atoms with Gasteiger partial charge in [-0.3, -0.25) is 4.79 Å². The van der Waals surface area contributed by atoms with Gasteiger partial charge in [0.25, 0.3) is 0 Å². The molecule has 3 nitrogen and oxygen atoms in total. The van der Waals surface area contributed by atoms with Gasteiger partial charge in [-0.05, 0) is 19.8 Å². The summed E-state index contributed by atoms with van der Waals surface area (Å²) in [6, 6.07) is 0.137. The Balaban J connectivity index is 2.23. The molecular weight excluding hydrogens is 166 g/mol. The van der Waals surface area contributed by atoms with Crippen LogP contribution in [0.2, 0.25) is 0 Å². The van der Waals surface area contributed by atoms with Gasteiger partial charge in [-0.2, -0.15) is 0 Å². The van der Waals surface area contributed by atoms with Crippen molar-refractivity contribution >= 4 is 5.91 Å². The van der Waals surface area contributed by atoms with Crippen molar-refractivity contribution in [1.29, 1.82) is 0 Å². The number of amides is 1. The van der Waals surface area contributed by atoms with Crippen LogP contribution in [0.4, 0.5) is 0 Å². The summed E-state index contributed by atoms with van der Waals surface area (Å²) in [5.41, 5.74) is 0. The van der Waals surface area contributed by atoms with Crippen molar-refractivity contribution in [2.75, 3.05) is 13.7 Å². The molecule has 1 rings (SSSR count). The predicted octanol–water partition coefficient (Wildman–Crippen LogP) is 1.33. The molecule has 13 heavy (non-hydrogen) atoms. The first-order chi connectivity index (χ1) is 6.24. The Morgan fingerprint density at radius 2 is 2.15 bits per heavy atom. The number of ether oxygens (including phenoxy) is 1. The van der Waals surface area contributed by atoms with Crippen LogP contribution in [-0.4, -0.2) is 25.7 Å². The molecule has 3 heteroatoms. The van der Waals surface area contributed by atoms with E-state index in [1.54, 1.807) is 7.11 Å². The molecule has 1 aliphatic carbocycles. The van der Waals surface area contributed by atoms with Crippen LogP contribution in [-0.2, 0) is 9.53 Å². The van der Waals surface area contributed by atoms with Crippen molar-refractivity contribution < 1.29 is 9.53 Å². The Hall–Kier alpha value is -0.570. The van der Waals surface area contributed by atoms with Crippen LogP contribution in [0, 0.1) is 5.92 Å². The molecule has 0 aromatic heterocycles. The molecule has 1 fully saturated rings. The van der Waals surface area contributed by atoms with Crippen LogP contribution in [0.5, 0.6) is 0 Å². The van der Waals surface area contributed by atoms with Gasteiger partial charge in [0.05, 0.1) is 6.61 Å². The van der Waals surface area contributed by atoms with Crippen molar-refractivity contribution in [2.24, 2.45) is 5.92 Å². The summed E-state index contributed by atoms with van der Waals surface area (Å²) >= 11 is 0. The van der Waals surface area contributed by atoms with Gasteiger partial charge in [0.1, 0.15) is 0 Å². The first-order valence-electron chi connectivity index (χ1n) is 5.03. The molecule has 0 aromatic rings. The van der Waals surface area contributed by atoms with Crippen LogP contribution >= 0.6 is 0 Å². The lowest BCUT2D eigenvalue weighted by Crippen LogP contribution is -2.38. The highest BCUT2D eigenvalue weighted by molar-refractivity contribution is 5.79. The molecule has 1 aliphatic rings. The smallest absolute Gasteiger partial charge is 0.223 e. The van der Waals surface area contributed by atoms with E-state index in [4.69, 9.17) is 4.74 Å². The summed E-state index contributed by atoms with van der Waals surface area (Å²) in [5.74, 6) is 0.473. The third-order valence-corrected chi connectivity index (χ3v) is 2.53. The van der Waals surface area contributed by atoms with Gasteiger partial charge < -0.3 is 10.1 Å². The average Bonchev–Trinajstić information content (AvgIpc) is 2.55. The molecule has 0 radical (unpaired) electrons. The molecule has 0 aliphatic heterocycles. The lowest BCUT2D eigenvalue weighted by molar-refractivity contribution is -0.125. The molecule has 0 spiro atoms. The van der Waals surface area contributed by atoms with Gasteiger partial charge >= 0.3 is 0 Å². The van der Waals surface area contributed by atoms with E-state index in [9.17, 15) is 4.79 Å². The minimum absolute atomic E-state index is 0.137. The van der Waals surface area contributed by atoms with E-state index >= 15 is 0 Å². The molecule has 1 N–H and O–H groups in total. The Kier molecular flexibility index (Phi) is 4.22. The largest absolute Gasteiger partial charge is 0.383 e. The normalized spacial score (nSPS) is 20.2. The highest BCUT2D eigenvalue weighted by Gasteiger charge is 2.23. The number of carbonyl (C=O) groups excluding carboxylic acids is 1. The van der Waals surface area contributed by atoms with E-state index in [2.05, 4.69) is 5.32 Å². The summed E-state index contributed by atoms with van der Waals surface area (Å²) in [4.78, 5) is 11.6. The molecule has 1 saturated carbocycles. The van der Waals surface area contributed by atoms with Gasteiger partial charge in [0.15, 0.2) is 0 Å². The van der Waals surface area contributed by atoms with Crippen molar-refractivity contribution in [1.82, 2.24) is 5.32 Å². The highest BCUT2D eigenvalue weighted by atomic mass is 16.5. The Labute approximate surface area is 79.8 Å². The zero-order valence-electron chi connectivity index (χ0n) is 8.51. The molecule has 1 amide bonds. The summed E-state index contributed by atoms with van der Waals surface area (Å²) in [5, 5.41) is 2.96. The van der Waals surface area contributed by atoms with Crippen molar-refractivity contribution in [3.8, 4) is 0 Å². The first-order valence-corrected chi connectivity index (χ1v) is 5.03. The van der Waals surface area contributed by atoms with Gasteiger partial charge in [0.2, 0.25) is 5.91 Å². The van der Waals surface area contributed by atoms with Crippen molar-refractivity contribution in [3.05, 3.63) is 0 Å². The topological polar surface area (TPSA) is 38.3 Å². The molecule has 76 valence electrons. The predicted molar refractivity (Wildman–Crippen MR) is 51.4 cm³/mol. The van der Waals surface area contributed by atoms with E-state index in [1.807, 2.05) is 6.92 Å². The van der Waals surface area contributed by atoms with E-state index in [1.165, 1.54) is 12.8 Å². The Morgan fingerprint density at radius 3 is 2.69 bits per heavy atom. The zero-order chi connectivity index (χ0) is 9.68. The number of nitrogens with one attached hydrogen (secondary N) is 1. The molecule has 1 atom stereocenters. The summed E-state index contributed by atoms with van der Waals surface area (Å²) in [6.07, 6.45) is 4.53. The van der Waals surface area contributed by atoms with Gasteiger partial charge in [-0.15, -0.1) is 0 Å². The standard InChI is InChI=1S/C10H19NO2/c1-8(7-13-2)11-10(12)9-5-3-4-6-9/h8-9H,3-7H2,1-2H3,(H,11,12)/t8-/m0/s1. The number of methoxy groups -OCH3 is 1. The van der Waals surface area contributed by atoms with Crippen LogP contribution in [0.1, 0.15) is 32.6 Å². The number of hydrogen-bond acceptors (Lipinski definition) is 2. The Bertz CT molecular complexity index is 164. The van der Waals surface area contributed by atoms with Gasteiger partial charge in [-0.25, -0.2) is 0 Å². The van der Waals surface area contributed by atoms with E-state index in [0.29, 0.717) is 6.61 Å². The maximum Gasteiger partial charge on any atom is 0.223 e. The maximum atomic E-state index is 11.6. The van der Waals surface area contributed by atoms with Crippen LogP contribution in [0.3, 0.4) is 0 Å². The van der Waals surface area contributed by atoms with Gasteiger partial charge in [-0.1, -0.05) is 12.8 Å². The number of carbonyl (C=O) groups is 1. The fourth-order valence-electron chi connectivity index (χ4n) is 1.84. The fourth-order valence-corrected chi connectivity index (χ4v) is 1.84. The molecule has 0 unspecified atom stereocenters. The summed E-state index contributed by atoms with van der Waals surface area (Å²) in [7, 11) is 1.65. The SMILES string of the molecule is COC[C@H](C)NC(=O)C1CCCC1. The van der Waals surface area contributed by atoms with E-state index in [-0.39, 0.29) is 17.9 Å². The lowest BCUT2D eigenvalue weighted by Gasteiger charge is -2.15. The first kappa shape index (κ1) is 10.5. The van der Waals surface area contributed by atoms with E-state index < -0.39 is 0 Å². The fraction of sp³-hybridized carbons (Fsp3) is 0.900. The minimum Gasteiger partial charge on any atom is -0.383 e. The third kappa shape index (κ3) is 3.35.